The first-order chi connectivity index (χ1) is 2.27. The third-order valence-electron chi connectivity index (χ3n) is 0.164. The first-order valence-electron chi connectivity index (χ1n) is 0.977. The molecule has 0 saturated heterocycles. The van der Waals surface area contributed by atoms with E-state index in [0.29, 0.717) is 0 Å². The topological polar surface area (TPSA) is 52.3 Å². The van der Waals surface area contributed by atoms with Crippen LogP contribution in [0.1, 0.15) is 0 Å². The van der Waals surface area contributed by atoms with Crippen molar-refractivity contribution in [3.8, 4) is 0 Å². The second-order valence-corrected chi connectivity index (χ2v) is 1.28. The quantitative estimate of drug-likeness (QED) is 0.462. The second-order valence-electron chi connectivity index (χ2n) is 0.427. The van der Waals surface area contributed by atoms with Gasteiger partial charge < -0.3 is 0 Å². The summed E-state index contributed by atoms with van der Waals surface area (Å²) < 4.78 is 13.5. The van der Waals surface area contributed by atoms with Crippen molar-refractivity contribution in [1.29, 1.82) is 0 Å². The Balaban J connectivity index is 2.85. The lowest BCUT2D eigenvalue weighted by molar-refractivity contribution is 0.446. The highest BCUT2D eigenvalue weighted by Crippen LogP contribution is 1.57. The van der Waals surface area contributed by atoms with Gasteiger partial charge in [0.25, 0.3) is 0 Å². The van der Waals surface area contributed by atoms with Crippen molar-refractivity contribution in [1.82, 2.24) is 0 Å². The number of rotatable bonds is 1. The van der Waals surface area contributed by atoms with E-state index in [2.05, 4.69) is 9.32 Å². The van der Waals surface area contributed by atoms with Gasteiger partial charge in [-0.15, -0.1) is 0 Å². The van der Waals surface area contributed by atoms with Crippen molar-refractivity contribution < 1.29 is 8.39 Å². The highest BCUT2D eigenvalue weighted by atomic mass is 32.2. The largest absolute Gasteiger partial charge is 0.282 e. The molecule has 0 amide bonds. The summed E-state index contributed by atoms with van der Waals surface area (Å²) in [6.45, 7) is 0. The van der Waals surface area contributed by atoms with Crippen molar-refractivity contribution in [2.24, 2.45) is 5.14 Å². The molecular formula is CH5NO2S. The molecule has 0 heterocycles. The van der Waals surface area contributed by atoms with Crippen LogP contribution in [0, 0.1) is 0 Å². The molecule has 5 heavy (non-hydrogen) atoms. The lowest BCUT2D eigenvalue weighted by atomic mass is 11.8. The Kier molecular flexibility index (Phi) is 2.35. The average molecular weight is 95.1 g/mol. The van der Waals surface area contributed by atoms with E-state index < -0.39 is 11.3 Å². The molecule has 0 aromatic heterocycles. The van der Waals surface area contributed by atoms with Gasteiger partial charge in [-0.1, -0.05) is 0 Å². The molecule has 2 N–H and O–H groups in total. The maximum atomic E-state index is 9.48. The standard InChI is InChI=1S/CH5NO2S/c1-4-5(2)3/h2H2,1H3. The highest BCUT2D eigenvalue weighted by molar-refractivity contribution is 7.77. The summed E-state index contributed by atoms with van der Waals surface area (Å²) in [5.41, 5.74) is 0. The Bertz CT molecular complexity index is 44.9. The summed E-state index contributed by atoms with van der Waals surface area (Å²) in [6, 6.07) is 0. The van der Waals surface area contributed by atoms with E-state index in [1.807, 2.05) is 0 Å². The van der Waals surface area contributed by atoms with Crippen LogP contribution >= 0.6 is 0 Å². The molecule has 0 bridgehead atoms. The average Bonchev–Trinajstić information content (AvgIpc) is 1.38. The molecule has 3 nitrogen and oxygen atoms in total. The number of hydrogen-bond acceptors (Lipinski definition) is 2. The molecule has 0 saturated carbocycles. The van der Waals surface area contributed by atoms with Gasteiger partial charge in [0, 0.05) is 0 Å². The molecule has 0 aliphatic rings. The fourth-order valence-electron chi connectivity index (χ4n) is 0. The van der Waals surface area contributed by atoms with Crippen LogP contribution in [-0.2, 0) is 15.4 Å². The Hall–Kier alpha value is 0.0700. The van der Waals surface area contributed by atoms with Crippen LogP contribution in [0.4, 0.5) is 0 Å². The van der Waals surface area contributed by atoms with Crippen LogP contribution in [-0.4, -0.2) is 11.3 Å². The van der Waals surface area contributed by atoms with E-state index in [1.54, 1.807) is 0 Å². The van der Waals surface area contributed by atoms with E-state index in [9.17, 15) is 4.21 Å². The summed E-state index contributed by atoms with van der Waals surface area (Å²) in [6.07, 6.45) is 0. The molecule has 0 rings (SSSR count). The summed E-state index contributed by atoms with van der Waals surface area (Å²) in [5, 5.41) is 4.54. The van der Waals surface area contributed by atoms with Gasteiger partial charge in [-0.05, 0) is 0 Å². The molecular weight excluding hydrogens is 90.1 g/mol. The zero-order valence-corrected chi connectivity index (χ0v) is 3.62. The molecule has 0 aromatic carbocycles. The summed E-state index contributed by atoms with van der Waals surface area (Å²) >= 11 is -1.57. The van der Waals surface area contributed by atoms with Crippen LogP contribution in [0.5, 0.6) is 0 Å². The molecule has 0 aliphatic carbocycles. The van der Waals surface area contributed by atoms with Gasteiger partial charge in [-0.2, -0.15) is 0 Å². The molecule has 0 aliphatic heterocycles. The molecule has 0 aromatic rings. The van der Waals surface area contributed by atoms with Gasteiger partial charge in [-0.3, -0.25) is 4.18 Å². The van der Waals surface area contributed by atoms with E-state index in [-0.39, 0.29) is 0 Å². The number of nitrogens with two attached hydrogens (primary N) is 1. The third kappa shape index (κ3) is 4.07. The normalized spacial score (nSPS) is 14.8. The molecule has 0 radical (unpaired) electrons. The minimum atomic E-state index is -1.57. The fraction of sp³-hybridized carbons (Fsp3) is 1.00. The highest BCUT2D eigenvalue weighted by Gasteiger charge is 1.72. The Labute approximate surface area is 32.9 Å². The van der Waals surface area contributed by atoms with E-state index in [0.717, 1.165) is 0 Å². The maximum absolute atomic E-state index is 9.48. The zero-order valence-electron chi connectivity index (χ0n) is 2.80. The van der Waals surface area contributed by atoms with Crippen LogP contribution in [0.3, 0.4) is 0 Å². The number of hydrogen-bond donors (Lipinski definition) is 1. The zero-order chi connectivity index (χ0) is 4.28. The Morgan fingerprint density at radius 1 is 2.00 bits per heavy atom. The minimum Gasteiger partial charge on any atom is -0.282 e. The van der Waals surface area contributed by atoms with E-state index in [1.165, 1.54) is 7.11 Å². The van der Waals surface area contributed by atoms with E-state index >= 15 is 0 Å². The predicted molar refractivity (Wildman–Crippen MR) is 19.3 cm³/mol. The van der Waals surface area contributed by atoms with Gasteiger partial charge in [0.15, 0.2) is 0 Å². The smallest absolute Gasteiger partial charge is 0.231 e. The van der Waals surface area contributed by atoms with E-state index in [4.69, 9.17) is 0 Å². The van der Waals surface area contributed by atoms with Gasteiger partial charge in [0.2, 0.25) is 11.3 Å². The molecule has 32 valence electrons. The SMILES string of the molecule is COS(N)=O. The van der Waals surface area contributed by atoms with Crippen molar-refractivity contribution in [2.75, 3.05) is 7.11 Å². The van der Waals surface area contributed by atoms with Crippen molar-refractivity contribution >= 4 is 11.3 Å². The van der Waals surface area contributed by atoms with Crippen LogP contribution < -0.4 is 5.14 Å². The van der Waals surface area contributed by atoms with Crippen molar-refractivity contribution in [2.45, 2.75) is 0 Å². The molecule has 0 fully saturated rings. The van der Waals surface area contributed by atoms with Gasteiger partial charge in [0.1, 0.15) is 0 Å². The minimum absolute atomic E-state index is 1.27. The van der Waals surface area contributed by atoms with Crippen molar-refractivity contribution in [3.05, 3.63) is 0 Å². The van der Waals surface area contributed by atoms with Crippen LogP contribution in [0.15, 0.2) is 0 Å². The van der Waals surface area contributed by atoms with Gasteiger partial charge in [-0.25, -0.2) is 9.35 Å². The first kappa shape index (κ1) is 5.07. The summed E-state index contributed by atoms with van der Waals surface area (Å²) in [7, 11) is 1.27. The van der Waals surface area contributed by atoms with Crippen molar-refractivity contribution in [3.63, 3.8) is 0 Å². The van der Waals surface area contributed by atoms with Crippen LogP contribution in [0.25, 0.3) is 0 Å². The molecule has 0 spiro atoms. The van der Waals surface area contributed by atoms with Gasteiger partial charge in [0.05, 0.1) is 7.11 Å². The molecule has 1 atom stereocenters. The molecule has 4 heteroatoms. The maximum Gasteiger partial charge on any atom is 0.231 e. The fourth-order valence-corrected chi connectivity index (χ4v) is 0. The Morgan fingerprint density at radius 2 is 2.20 bits per heavy atom. The van der Waals surface area contributed by atoms with Crippen LogP contribution in [0.2, 0.25) is 0 Å². The first-order valence-corrected chi connectivity index (χ1v) is 2.12. The monoisotopic (exact) mass is 95.0 g/mol. The Morgan fingerprint density at radius 3 is 2.20 bits per heavy atom. The lowest BCUT2D eigenvalue weighted by Gasteiger charge is -1.78. The summed E-state index contributed by atoms with van der Waals surface area (Å²) in [4.78, 5) is 0. The third-order valence-corrected chi connectivity index (χ3v) is 0.493. The van der Waals surface area contributed by atoms with Gasteiger partial charge >= 0.3 is 0 Å². The predicted octanol–water partition coefficient (Wildman–Crippen LogP) is -0.830. The lowest BCUT2D eigenvalue weighted by Crippen LogP contribution is -2.02. The molecule has 1 unspecified atom stereocenters. The second kappa shape index (κ2) is 2.32. The summed E-state index contributed by atoms with van der Waals surface area (Å²) in [5.74, 6) is 0.